The van der Waals surface area contributed by atoms with Crippen molar-refractivity contribution in [3.63, 3.8) is 0 Å². The van der Waals surface area contributed by atoms with E-state index >= 15 is 0 Å². The van der Waals surface area contributed by atoms with Crippen molar-refractivity contribution in [1.82, 2.24) is 0 Å². The molecule has 0 amide bonds. The summed E-state index contributed by atoms with van der Waals surface area (Å²) < 4.78 is 21.7. The molecule has 0 aliphatic carbocycles. The van der Waals surface area contributed by atoms with Crippen molar-refractivity contribution in [3.8, 4) is 0 Å². The summed E-state index contributed by atoms with van der Waals surface area (Å²) in [5.74, 6) is 0. The summed E-state index contributed by atoms with van der Waals surface area (Å²) >= 11 is 0. The predicted octanol–water partition coefficient (Wildman–Crippen LogP) is -4.55. The Balaban J connectivity index is 5.05. The normalized spacial score (nSPS) is 18.2. The van der Waals surface area contributed by atoms with E-state index in [0.29, 0.717) is 0 Å². The average molecular weight is 432 g/mol. The summed E-state index contributed by atoms with van der Waals surface area (Å²) in [6, 6.07) is 0. The van der Waals surface area contributed by atoms with Crippen LogP contribution < -0.4 is 0 Å². The second kappa shape index (κ2) is 17.2. The van der Waals surface area contributed by atoms with Gasteiger partial charge in [0.25, 0.3) is 0 Å². The number of aliphatic hydroxyl groups is 8. The number of aliphatic hydroxyl groups excluding tert-OH is 8. The lowest BCUT2D eigenvalue weighted by Crippen LogP contribution is -2.44. The molecule has 0 bridgehead atoms. The van der Waals surface area contributed by atoms with Crippen molar-refractivity contribution in [1.29, 1.82) is 0 Å². The lowest BCUT2D eigenvalue weighted by atomic mass is 9.92. The summed E-state index contributed by atoms with van der Waals surface area (Å²) in [7, 11) is 0. The molecule has 0 rings (SSSR count). The lowest BCUT2D eigenvalue weighted by Gasteiger charge is -2.34. The first-order chi connectivity index (χ1) is 13.8. The Morgan fingerprint density at radius 2 is 0.655 bits per heavy atom. The number of hydrogen-bond acceptors (Lipinski definition) is 12. The number of ether oxygens (including phenoxy) is 4. The third-order valence-electron chi connectivity index (χ3n) is 3.72. The highest BCUT2D eigenvalue weighted by Gasteiger charge is 2.33. The molecule has 0 heterocycles. The van der Waals surface area contributed by atoms with Gasteiger partial charge in [-0.25, -0.2) is 0 Å². The zero-order valence-electron chi connectivity index (χ0n) is 16.5. The molecule has 4 unspecified atom stereocenters. The van der Waals surface area contributed by atoms with Gasteiger partial charge in [-0.05, 0) is 0 Å². The van der Waals surface area contributed by atoms with E-state index in [1.54, 1.807) is 0 Å². The maximum Gasteiger partial charge on any atom is 0.100 e. The minimum Gasteiger partial charge on any atom is -0.394 e. The first-order valence-electron chi connectivity index (χ1n) is 9.29. The first-order valence-corrected chi connectivity index (χ1v) is 9.29. The van der Waals surface area contributed by atoms with Gasteiger partial charge < -0.3 is 59.8 Å². The van der Waals surface area contributed by atoms with Crippen LogP contribution in [0.1, 0.15) is 0 Å². The van der Waals surface area contributed by atoms with Gasteiger partial charge in [-0.3, -0.25) is 0 Å². The molecule has 0 saturated carbocycles. The molecule has 0 aliphatic heterocycles. The molecule has 0 aromatic carbocycles. The minimum atomic E-state index is -1.10. The van der Waals surface area contributed by atoms with Crippen molar-refractivity contribution in [2.75, 3.05) is 79.3 Å². The van der Waals surface area contributed by atoms with Crippen molar-refractivity contribution in [3.05, 3.63) is 0 Å². The highest BCUT2D eigenvalue weighted by Crippen LogP contribution is 2.21. The van der Waals surface area contributed by atoms with E-state index < -0.39 is 56.3 Å². The van der Waals surface area contributed by atoms with Crippen molar-refractivity contribution >= 4 is 0 Å². The van der Waals surface area contributed by atoms with Gasteiger partial charge in [0.2, 0.25) is 0 Å². The van der Waals surface area contributed by atoms with Crippen LogP contribution in [0.3, 0.4) is 0 Å². The molecular formula is C17H36O12. The van der Waals surface area contributed by atoms with Gasteiger partial charge in [-0.15, -0.1) is 0 Å². The van der Waals surface area contributed by atoms with E-state index in [0.717, 1.165) is 0 Å². The molecule has 12 heteroatoms. The summed E-state index contributed by atoms with van der Waals surface area (Å²) in [5.41, 5.74) is -1.02. The van der Waals surface area contributed by atoms with Crippen molar-refractivity contribution in [2.45, 2.75) is 24.4 Å². The Morgan fingerprint density at radius 3 is 0.828 bits per heavy atom. The average Bonchev–Trinajstić information content (AvgIpc) is 2.72. The van der Waals surface area contributed by atoms with Gasteiger partial charge in [0, 0.05) is 0 Å². The molecule has 0 aliphatic rings. The summed E-state index contributed by atoms with van der Waals surface area (Å²) in [5, 5.41) is 73.4. The summed E-state index contributed by atoms with van der Waals surface area (Å²) in [6.45, 7) is -3.04. The van der Waals surface area contributed by atoms with Crippen LogP contribution in [0.15, 0.2) is 0 Å². The molecule has 29 heavy (non-hydrogen) atoms. The molecule has 0 aromatic heterocycles. The molecule has 12 nitrogen and oxygen atoms in total. The fourth-order valence-electron chi connectivity index (χ4n) is 2.11. The largest absolute Gasteiger partial charge is 0.394 e. The Kier molecular flexibility index (Phi) is 16.9. The molecule has 0 saturated heterocycles. The van der Waals surface area contributed by atoms with Crippen LogP contribution in [0, 0.1) is 5.41 Å². The van der Waals surface area contributed by atoms with Gasteiger partial charge >= 0.3 is 0 Å². The minimum absolute atomic E-state index is 0.0796. The molecule has 176 valence electrons. The van der Waals surface area contributed by atoms with Crippen LogP contribution >= 0.6 is 0 Å². The Labute approximate surface area is 169 Å². The van der Waals surface area contributed by atoms with Crippen LogP contribution in [-0.4, -0.2) is 145 Å². The zero-order chi connectivity index (χ0) is 22.1. The first kappa shape index (κ1) is 28.5. The number of hydrogen-bond donors (Lipinski definition) is 8. The molecule has 0 fully saturated rings. The second-order valence-corrected chi connectivity index (χ2v) is 6.91. The monoisotopic (exact) mass is 432 g/mol. The zero-order valence-corrected chi connectivity index (χ0v) is 16.5. The van der Waals surface area contributed by atoms with Crippen molar-refractivity contribution in [2.24, 2.45) is 5.41 Å². The smallest absolute Gasteiger partial charge is 0.100 e. The van der Waals surface area contributed by atoms with E-state index in [2.05, 4.69) is 0 Å². The number of rotatable bonds is 20. The lowest BCUT2D eigenvalue weighted by molar-refractivity contribution is -0.136. The highest BCUT2D eigenvalue weighted by atomic mass is 16.5. The molecule has 0 spiro atoms. The Bertz CT molecular complexity index is 303. The van der Waals surface area contributed by atoms with Crippen LogP contribution in [-0.2, 0) is 18.9 Å². The highest BCUT2D eigenvalue weighted by molar-refractivity contribution is 4.80. The van der Waals surface area contributed by atoms with E-state index in [1.165, 1.54) is 0 Å². The fourth-order valence-corrected chi connectivity index (χ4v) is 2.11. The summed E-state index contributed by atoms with van der Waals surface area (Å²) in [4.78, 5) is 0. The van der Waals surface area contributed by atoms with E-state index in [4.69, 9.17) is 39.4 Å². The predicted molar refractivity (Wildman–Crippen MR) is 98.1 cm³/mol. The van der Waals surface area contributed by atoms with Crippen LogP contribution in [0.2, 0.25) is 0 Å². The topological polar surface area (TPSA) is 199 Å². The second-order valence-electron chi connectivity index (χ2n) is 6.91. The molecule has 8 N–H and O–H groups in total. The molecule has 0 radical (unpaired) electrons. The fraction of sp³-hybridized carbons (Fsp3) is 1.00. The standard InChI is InChI=1S/C17H36O12/c18-1-13(22)5-26-9-17(10-27-6-14(23)2-19,11-28-7-15(24)3-20)12-29-8-16(25)4-21/h13-16,18-25H,1-12H2. The van der Waals surface area contributed by atoms with Gasteiger partial charge in [-0.1, -0.05) is 0 Å². The molecular weight excluding hydrogens is 396 g/mol. The van der Waals surface area contributed by atoms with Crippen LogP contribution in [0.4, 0.5) is 0 Å². The van der Waals surface area contributed by atoms with Gasteiger partial charge in [0.15, 0.2) is 0 Å². The third-order valence-corrected chi connectivity index (χ3v) is 3.72. The van der Waals surface area contributed by atoms with Crippen LogP contribution in [0.25, 0.3) is 0 Å². The van der Waals surface area contributed by atoms with E-state index in [-0.39, 0.29) is 52.9 Å². The van der Waals surface area contributed by atoms with Gasteiger partial charge in [0.1, 0.15) is 24.4 Å². The van der Waals surface area contributed by atoms with E-state index in [1.807, 2.05) is 0 Å². The maximum atomic E-state index is 9.45. The van der Waals surface area contributed by atoms with E-state index in [9.17, 15) is 20.4 Å². The third kappa shape index (κ3) is 14.2. The molecule has 4 atom stereocenters. The quantitative estimate of drug-likeness (QED) is 0.0918. The van der Waals surface area contributed by atoms with Gasteiger partial charge in [-0.2, -0.15) is 0 Å². The van der Waals surface area contributed by atoms with Crippen molar-refractivity contribution < 1.29 is 59.8 Å². The maximum absolute atomic E-state index is 9.45. The Hall–Kier alpha value is -0.480. The van der Waals surface area contributed by atoms with Gasteiger partial charge in [0.05, 0.1) is 84.7 Å². The summed E-state index contributed by atoms with van der Waals surface area (Å²) in [6.07, 6.45) is -4.39. The van der Waals surface area contributed by atoms with Crippen LogP contribution in [0.5, 0.6) is 0 Å². The molecule has 0 aromatic rings. The SMILES string of the molecule is OCC(O)COCC(COCC(O)CO)(COCC(O)CO)COCC(O)CO. The Morgan fingerprint density at radius 1 is 0.448 bits per heavy atom.